The Morgan fingerprint density at radius 2 is 1.69 bits per heavy atom. The molecule has 0 aromatic heterocycles. The van der Waals surface area contributed by atoms with Crippen LogP contribution in [0.5, 0.6) is 11.5 Å². The predicted octanol–water partition coefficient (Wildman–Crippen LogP) is 4.97. The lowest BCUT2D eigenvalue weighted by Crippen LogP contribution is -2.26. The molecule has 3 aromatic carbocycles. The highest BCUT2D eigenvalue weighted by atomic mass is 16.5. The van der Waals surface area contributed by atoms with Crippen LogP contribution in [0.3, 0.4) is 0 Å². The number of aryl methyl sites for hydroxylation is 1. The molecule has 0 aliphatic rings. The van der Waals surface area contributed by atoms with Gasteiger partial charge in [-0.15, -0.1) is 0 Å². The number of anilines is 1. The summed E-state index contributed by atoms with van der Waals surface area (Å²) in [6, 6.07) is 21.6. The summed E-state index contributed by atoms with van der Waals surface area (Å²) in [7, 11) is 1.55. The fourth-order valence-corrected chi connectivity index (χ4v) is 2.94. The molecule has 1 atom stereocenters. The molecule has 5 nitrogen and oxygen atoms in total. The zero-order valence-corrected chi connectivity index (χ0v) is 16.6. The van der Waals surface area contributed by atoms with Crippen LogP contribution in [0.1, 0.15) is 34.5 Å². The first-order valence-corrected chi connectivity index (χ1v) is 9.26. The van der Waals surface area contributed by atoms with Crippen molar-refractivity contribution >= 4 is 17.4 Å². The van der Waals surface area contributed by atoms with E-state index >= 15 is 0 Å². The van der Waals surface area contributed by atoms with Gasteiger partial charge in [0.2, 0.25) is 6.10 Å². The third-order valence-corrected chi connectivity index (χ3v) is 4.45. The SMILES string of the molecule is COc1ccc(C)cc1NC(=O)C(Oc1cccc(C(C)=O)c1)c1ccccc1. The molecule has 1 N–H and O–H groups in total. The van der Waals surface area contributed by atoms with E-state index in [1.54, 1.807) is 37.4 Å². The van der Waals surface area contributed by atoms with Gasteiger partial charge in [0.15, 0.2) is 5.78 Å². The Balaban J connectivity index is 1.92. The third-order valence-electron chi connectivity index (χ3n) is 4.45. The molecular weight excluding hydrogens is 366 g/mol. The Hall–Kier alpha value is -3.60. The van der Waals surface area contributed by atoms with Crippen LogP contribution in [-0.2, 0) is 4.79 Å². The van der Waals surface area contributed by atoms with Crippen molar-refractivity contribution in [2.45, 2.75) is 20.0 Å². The van der Waals surface area contributed by atoms with Crippen molar-refractivity contribution in [1.82, 2.24) is 0 Å². The molecule has 0 saturated carbocycles. The topological polar surface area (TPSA) is 64.6 Å². The average Bonchev–Trinajstić information content (AvgIpc) is 2.73. The van der Waals surface area contributed by atoms with E-state index < -0.39 is 6.10 Å². The Bertz CT molecular complexity index is 1010. The summed E-state index contributed by atoms with van der Waals surface area (Å²) in [5, 5.41) is 2.90. The van der Waals surface area contributed by atoms with E-state index in [0.717, 1.165) is 5.56 Å². The van der Waals surface area contributed by atoms with Crippen molar-refractivity contribution < 1.29 is 19.1 Å². The Morgan fingerprint density at radius 3 is 2.38 bits per heavy atom. The number of Topliss-reactive ketones (excluding diaryl/α,β-unsaturated/α-hetero) is 1. The van der Waals surface area contributed by atoms with Crippen LogP contribution in [0.25, 0.3) is 0 Å². The molecular formula is C24H23NO4. The number of rotatable bonds is 7. The van der Waals surface area contributed by atoms with Gasteiger partial charge in [0.05, 0.1) is 12.8 Å². The van der Waals surface area contributed by atoms with Crippen molar-refractivity contribution in [3.05, 3.63) is 89.5 Å². The maximum Gasteiger partial charge on any atom is 0.270 e. The minimum atomic E-state index is -0.899. The number of ether oxygens (including phenoxy) is 2. The van der Waals surface area contributed by atoms with E-state index in [4.69, 9.17) is 9.47 Å². The maximum atomic E-state index is 13.2. The summed E-state index contributed by atoms with van der Waals surface area (Å²) in [6.45, 7) is 3.43. The Labute approximate surface area is 170 Å². The molecule has 0 fully saturated rings. The number of benzene rings is 3. The first-order chi connectivity index (χ1) is 14.0. The summed E-state index contributed by atoms with van der Waals surface area (Å²) in [4.78, 5) is 24.8. The quantitative estimate of drug-likeness (QED) is 0.580. The molecule has 0 bridgehead atoms. The number of amides is 1. The maximum absolute atomic E-state index is 13.2. The standard InChI is InChI=1S/C24H23NO4/c1-16-12-13-22(28-3)21(14-16)25-24(27)23(18-8-5-4-6-9-18)29-20-11-7-10-19(15-20)17(2)26/h4-15,23H,1-3H3,(H,25,27). The van der Waals surface area contributed by atoms with Crippen molar-refractivity contribution in [2.24, 2.45) is 0 Å². The highest BCUT2D eigenvalue weighted by Crippen LogP contribution is 2.29. The van der Waals surface area contributed by atoms with Gasteiger partial charge in [0.25, 0.3) is 5.91 Å². The molecule has 3 rings (SSSR count). The van der Waals surface area contributed by atoms with E-state index in [9.17, 15) is 9.59 Å². The molecule has 3 aromatic rings. The normalized spacial score (nSPS) is 11.4. The van der Waals surface area contributed by atoms with Gasteiger partial charge in [-0.05, 0) is 43.7 Å². The van der Waals surface area contributed by atoms with Gasteiger partial charge in [0.1, 0.15) is 11.5 Å². The molecule has 0 spiro atoms. The smallest absolute Gasteiger partial charge is 0.270 e. The number of ketones is 1. The summed E-state index contributed by atoms with van der Waals surface area (Å²) in [5.74, 6) is 0.598. The van der Waals surface area contributed by atoms with E-state index in [1.165, 1.54) is 6.92 Å². The lowest BCUT2D eigenvalue weighted by Gasteiger charge is -2.20. The van der Waals surface area contributed by atoms with Crippen molar-refractivity contribution in [2.75, 3.05) is 12.4 Å². The van der Waals surface area contributed by atoms with E-state index in [2.05, 4.69) is 5.32 Å². The summed E-state index contributed by atoms with van der Waals surface area (Å²) in [6.07, 6.45) is -0.899. The molecule has 5 heteroatoms. The molecule has 0 heterocycles. The minimum absolute atomic E-state index is 0.0688. The molecule has 0 radical (unpaired) electrons. The zero-order valence-electron chi connectivity index (χ0n) is 16.6. The molecule has 1 unspecified atom stereocenters. The summed E-state index contributed by atoms with van der Waals surface area (Å²) in [5.41, 5.74) is 2.78. The molecule has 0 aliphatic carbocycles. The number of carbonyl (C=O) groups is 2. The molecule has 29 heavy (non-hydrogen) atoms. The van der Waals surface area contributed by atoms with Gasteiger partial charge in [-0.25, -0.2) is 0 Å². The predicted molar refractivity (Wildman–Crippen MR) is 113 cm³/mol. The summed E-state index contributed by atoms with van der Waals surface area (Å²) >= 11 is 0. The number of carbonyl (C=O) groups excluding carboxylic acids is 2. The first-order valence-electron chi connectivity index (χ1n) is 9.26. The van der Waals surface area contributed by atoms with Crippen LogP contribution >= 0.6 is 0 Å². The van der Waals surface area contributed by atoms with Crippen LogP contribution in [0, 0.1) is 6.92 Å². The fourth-order valence-electron chi connectivity index (χ4n) is 2.94. The highest BCUT2D eigenvalue weighted by molar-refractivity contribution is 5.97. The van der Waals surface area contributed by atoms with Gasteiger partial charge in [0, 0.05) is 11.1 Å². The van der Waals surface area contributed by atoms with Crippen molar-refractivity contribution in [3.63, 3.8) is 0 Å². The van der Waals surface area contributed by atoms with Crippen molar-refractivity contribution in [1.29, 1.82) is 0 Å². The van der Waals surface area contributed by atoms with Crippen LogP contribution < -0.4 is 14.8 Å². The Morgan fingerprint density at radius 1 is 0.931 bits per heavy atom. The fraction of sp³-hybridized carbons (Fsp3) is 0.167. The molecule has 0 saturated heterocycles. The lowest BCUT2D eigenvalue weighted by molar-refractivity contribution is -0.123. The number of hydrogen-bond donors (Lipinski definition) is 1. The van der Waals surface area contributed by atoms with Crippen LogP contribution in [-0.4, -0.2) is 18.8 Å². The second-order valence-corrected chi connectivity index (χ2v) is 6.69. The Kier molecular flexibility index (Phi) is 6.29. The zero-order chi connectivity index (χ0) is 20.8. The van der Waals surface area contributed by atoms with E-state index in [0.29, 0.717) is 28.3 Å². The van der Waals surface area contributed by atoms with Crippen LogP contribution in [0.4, 0.5) is 5.69 Å². The highest BCUT2D eigenvalue weighted by Gasteiger charge is 2.24. The van der Waals surface area contributed by atoms with E-state index in [1.807, 2.05) is 49.4 Å². The van der Waals surface area contributed by atoms with Gasteiger partial charge in [-0.3, -0.25) is 9.59 Å². The van der Waals surface area contributed by atoms with Gasteiger partial charge >= 0.3 is 0 Å². The molecule has 1 amide bonds. The second-order valence-electron chi connectivity index (χ2n) is 6.69. The molecule has 0 aliphatic heterocycles. The lowest BCUT2D eigenvalue weighted by atomic mass is 10.1. The van der Waals surface area contributed by atoms with E-state index in [-0.39, 0.29) is 11.7 Å². The molecule has 148 valence electrons. The van der Waals surface area contributed by atoms with Crippen LogP contribution in [0.2, 0.25) is 0 Å². The van der Waals surface area contributed by atoms with Crippen LogP contribution in [0.15, 0.2) is 72.8 Å². The monoisotopic (exact) mass is 389 g/mol. The van der Waals surface area contributed by atoms with Crippen molar-refractivity contribution in [3.8, 4) is 11.5 Å². The largest absolute Gasteiger partial charge is 0.495 e. The number of methoxy groups -OCH3 is 1. The first kappa shape index (κ1) is 20.1. The summed E-state index contributed by atoms with van der Waals surface area (Å²) < 4.78 is 11.4. The van der Waals surface area contributed by atoms with Gasteiger partial charge < -0.3 is 14.8 Å². The third kappa shape index (κ3) is 5.02. The van der Waals surface area contributed by atoms with Gasteiger partial charge in [-0.2, -0.15) is 0 Å². The number of nitrogens with one attached hydrogen (secondary N) is 1. The van der Waals surface area contributed by atoms with Gasteiger partial charge in [-0.1, -0.05) is 48.5 Å². The second kappa shape index (κ2) is 9.06. The number of hydrogen-bond acceptors (Lipinski definition) is 4. The average molecular weight is 389 g/mol. The minimum Gasteiger partial charge on any atom is -0.495 e.